The molecule has 8 nitrogen and oxygen atoms in total. The first-order valence-corrected chi connectivity index (χ1v) is 9.95. The van der Waals surface area contributed by atoms with Crippen LogP contribution in [0.5, 0.6) is 17.2 Å². The van der Waals surface area contributed by atoms with Gasteiger partial charge in [0.25, 0.3) is 5.91 Å². The van der Waals surface area contributed by atoms with Crippen molar-refractivity contribution in [2.24, 2.45) is 0 Å². The molecule has 2 aromatic carbocycles. The number of carbonyl (C=O) groups is 1. The molecule has 0 aliphatic carbocycles. The van der Waals surface area contributed by atoms with E-state index in [1.54, 1.807) is 48.7 Å². The summed E-state index contributed by atoms with van der Waals surface area (Å²) in [7, 11) is 3.10. The van der Waals surface area contributed by atoms with Gasteiger partial charge in [-0.3, -0.25) is 19.8 Å². The minimum absolute atomic E-state index is 0.0243. The third-order valence-electron chi connectivity index (χ3n) is 5.58. The van der Waals surface area contributed by atoms with Gasteiger partial charge in [0.1, 0.15) is 11.4 Å². The Balaban J connectivity index is 1.71. The number of amides is 1. The van der Waals surface area contributed by atoms with Crippen LogP contribution in [-0.4, -0.2) is 40.4 Å². The number of pyridine rings is 1. The molecule has 0 bridgehead atoms. The van der Waals surface area contributed by atoms with Gasteiger partial charge in [-0.15, -0.1) is 0 Å². The molecule has 160 valence electrons. The van der Waals surface area contributed by atoms with Crippen molar-refractivity contribution in [3.8, 4) is 28.5 Å². The van der Waals surface area contributed by atoms with Gasteiger partial charge in [-0.05, 0) is 54.1 Å². The van der Waals surface area contributed by atoms with Gasteiger partial charge in [0, 0.05) is 17.3 Å². The van der Waals surface area contributed by atoms with Crippen LogP contribution in [0.25, 0.3) is 11.3 Å². The van der Waals surface area contributed by atoms with Crippen LogP contribution in [0.15, 0.2) is 67.0 Å². The van der Waals surface area contributed by atoms with Crippen molar-refractivity contribution in [1.29, 1.82) is 0 Å². The highest BCUT2D eigenvalue weighted by molar-refractivity contribution is 6.11. The van der Waals surface area contributed by atoms with Gasteiger partial charge in [-0.2, -0.15) is 5.10 Å². The number of ether oxygens (including phenoxy) is 2. The highest BCUT2D eigenvalue weighted by atomic mass is 16.5. The maximum absolute atomic E-state index is 13.5. The van der Waals surface area contributed by atoms with Crippen molar-refractivity contribution in [3.05, 3.63) is 83.8 Å². The normalized spacial score (nSPS) is 15.0. The van der Waals surface area contributed by atoms with Gasteiger partial charge in [-0.1, -0.05) is 6.07 Å². The van der Waals surface area contributed by atoms with Gasteiger partial charge in [0.2, 0.25) is 0 Å². The molecule has 5 rings (SSSR count). The Hall–Kier alpha value is -4.33. The number of H-pyrrole nitrogens is 1. The maximum Gasteiger partial charge on any atom is 0.277 e. The number of phenolic OH excluding ortho intramolecular Hbond substituents is 1. The molecule has 2 N–H and O–H groups in total. The van der Waals surface area contributed by atoms with E-state index in [2.05, 4.69) is 15.2 Å². The quantitative estimate of drug-likeness (QED) is 0.499. The van der Waals surface area contributed by atoms with E-state index in [9.17, 15) is 9.90 Å². The highest BCUT2D eigenvalue weighted by Crippen LogP contribution is 2.46. The molecule has 2 aromatic heterocycles. The van der Waals surface area contributed by atoms with E-state index in [4.69, 9.17) is 9.47 Å². The number of fused-ring (bicyclic) bond motifs is 1. The molecule has 3 heterocycles. The van der Waals surface area contributed by atoms with Gasteiger partial charge in [0.15, 0.2) is 11.5 Å². The standard InChI is InChI=1S/C24H20N4O4/c1-31-17-8-5-14(6-9-17)21-20-22(27-26-21)24(30)28(16-4-3-11-25-13-16)23(20)15-7-10-18(29)19(12-15)32-2/h3-13,23,29H,1-2H3,(H,26,27)/t23-/m1/s1. The molecule has 0 radical (unpaired) electrons. The van der Waals surface area contributed by atoms with Gasteiger partial charge >= 0.3 is 0 Å². The van der Waals surface area contributed by atoms with E-state index in [0.717, 1.165) is 22.4 Å². The summed E-state index contributed by atoms with van der Waals surface area (Å²) in [4.78, 5) is 19.3. The smallest absolute Gasteiger partial charge is 0.277 e. The Morgan fingerprint density at radius 2 is 1.88 bits per heavy atom. The molecule has 1 amide bonds. The molecule has 0 unspecified atom stereocenters. The fraction of sp³-hybridized carbons (Fsp3) is 0.125. The van der Waals surface area contributed by atoms with Crippen LogP contribution in [-0.2, 0) is 0 Å². The number of aromatic nitrogens is 3. The summed E-state index contributed by atoms with van der Waals surface area (Å²) in [6, 6.07) is 15.7. The number of aromatic hydroxyl groups is 1. The summed E-state index contributed by atoms with van der Waals surface area (Å²) >= 11 is 0. The van der Waals surface area contributed by atoms with Gasteiger partial charge in [0.05, 0.1) is 37.8 Å². The number of hydrogen-bond donors (Lipinski definition) is 2. The number of carbonyl (C=O) groups excluding carboxylic acids is 1. The summed E-state index contributed by atoms with van der Waals surface area (Å²) in [5, 5.41) is 17.5. The lowest BCUT2D eigenvalue weighted by Gasteiger charge is -2.26. The summed E-state index contributed by atoms with van der Waals surface area (Å²) in [5.41, 5.74) is 4.10. The molecule has 32 heavy (non-hydrogen) atoms. The third-order valence-corrected chi connectivity index (χ3v) is 5.58. The van der Waals surface area contributed by atoms with E-state index in [1.807, 2.05) is 30.3 Å². The van der Waals surface area contributed by atoms with Crippen LogP contribution in [0, 0.1) is 0 Å². The Bertz CT molecular complexity index is 1290. The van der Waals surface area contributed by atoms with Crippen molar-refractivity contribution < 1.29 is 19.4 Å². The zero-order valence-electron chi connectivity index (χ0n) is 17.4. The predicted molar refractivity (Wildman–Crippen MR) is 118 cm³/mol. The molecule has 8 heteroatoms. The fourth-order valence-corrected chi connectivity index (χ4v) is 4.06. The van der Waals surface area contributed by atoms with Crippen LogP contribution in [0.2, 0.25) is 0 Å². The molecule has 4 aromatic rings. The second kappa shape index (κ2) is 7.73. The lowest BCUT2D eigenvalue weighted by molar-refractivity contribution is 0.0988. The number of benzene rings is 2. The molecule has 0 spiro atoms. The predicted octanol–water partition coefficient (Wildman–Crippen LogP) is 3.94. The average Bonchev–Trinajstić information content (AvgIpc) is 3.39. The Morgan fingerprint density at radius 1 is 1.06 bits per heavy atom. The van der Waals surface area contributed by atoms with E-state index >= 15 is 0 Å². The third kappa shape index (κ3) is 3.04. The largest absolute Gasteiger partial charge is 0.504 e. The SMILES string of the molecule is COc1ccc(-c2n[nH]c3c2[C@@H](c2ccc(O)c(OC)c2)N(c2cccnc2)C3=O)cc1. The summed E-state index contributed by atoms with van der Waals surface area (Å²) in [5.74, 6) is 0.867. The first kappa shape index (κ1) is 19.6. The van der Waals surface area contributed by atoms with Crippen molar-refractivity contribution in [2.75, 3.05) is 19.1 Å². The zero-order valence-corrected chi connectivity index (χ0v) is 17.4. The fourth-order valence-electron chi connectivity index (χ4n) is 4.06. The summed E-state index contributed by atoms with van der Waals surface area (Å²) in [6.07, 6.45) is 3.31. The van der Waals surface area contributed by atoms with Crippen molar-refractivity contribution in [1.82, 2.24) is 15.2 Å². The second-order valence-electron chi connectivity index (χ2n) is 7.31. The topological polar surface area (TPSA) is 101 Å². The number of methoxy groups -OCH3 is 2. The summed E-state index contributed by atoms with van der Waals surface area (Å²) < 4.78 is 10.6. The molecular formula is C24H20N4O4. The lowest BCUT2D eigenvalue weighted by Crippen LogP contribution is -2.29. The second-order valence-corrected chi connectivity index (χ2v) is 7.31. The Labute approximate surface area is 184 Å². The number of rotatable bonds is 5. The molecule has 0 saturated carbocycles. The average molecular weight is 428 g/mol. The monoisotopic (exact) mass is 428 g/mol. The molecule has 1 aliphatic rings. The zero-order chi connectivity index (χ0) is 22.2. The Kier molecular flexibility index (Phi) is 4.74. The number of anilines is 1. The van der Waals surface area contributed by atoms with Crippen LogP contribution >= 0.6 is 0 Å². The van der Waals surface area contributed by atoms with Crippen LogP contribution < -0.4 is 14.4 Å². The van der Waals surface area contributed by atoms with Gasteiger partial charge in [-0.25, -0.2) is 0 Å². The lowest BCUT2D eigenvalue weighted by atomic mass is 9.95. The van der Waals surface area contributed by atoms with E-state index in [0.29, 0.717) is 22.8 Å². The van der Waals surface area contributed by atoms with Crippen LogP contribution in [0.4, 0.5) is 5.69 Å². The molecule has 0 fully saturated rings. The van der Waals surface area contributed by atoms with Crippen molar-refractivity contribution in [2.45, 2.75) is 6.04 Å². The minimum Gasteiger partial charge on any atom is -0.504 e. The maximum atomic E-state index is 13.5. The van der Waals surface area contributed by atoms with E-state index in [-0.39, 0.29) is 11.7 Å². The molecule has 1 atom stereocenters. The van der Waals surface area contributed by atoms with Gasteiger partial charge < -0.3 is 14.6 Å². The molecular weight excluding hydrogens is 408 g/mol. The number of nitrogens with zero attached hydrogens (tertiary/aromatic N) is 3. The first-order valence-electron chi connectivity index (χ1n) is 9.95. The van der Waals surface area contributed by atoms with Crippen LogP contribution in [0.3, 0.4) is 0 Å². The van der Waals surface area contributed by atoms with Crippen molar-refractivity contribution in [3.63, 3.8) is 0 Å². The number of hydrogen-bond acceptors (Lipinski definition) is 6. The number of nitrogens with one attached hydrogen (secondary N) is 1. The minimum atomic E-state index is -0.493. The van der Waals surface area contributed by atoms with Crippen molar-refractivity contribution >= 4 is 11.6 Å². The van der Waals surface area contributed by atoms with Crippen LogP contribution in [0.1, 0.15) is 27.7 Å². The summed E-state index contributed by atoms with van der Waals surface area (Å²) in [6.45, 7) is 0. The first-order chi connectivity index (χ1) is 15.6. The molecule has 0 saturated heterocycles. The molecule has 1 aliphatic heterocycles. The Morgan fingerprint density at radius 3 is 2.56 bits per heavy atom. The highest BCUT2D eigenvalue weighted by Gasteiger charge is 2.43. The number of aromatic amines is 1. The van der Waals surface area contributed by atoms with E-state index in [1.165, 1.54) is 7.11 Å². The van der Waals surface area contributed by atoms with E-state index < -0.39 is 6.04 Å². The number of phenols is 1.